The average Bonchev–Trinajstić information content (AvgIpc) is 2.45. The number of ether oxygens (including phenoxy) is 2. The molecule has 0 atom stereocenters. The maximum Gasteiger partial charge on any atom is 0.410 e. The lowest BCUT2D eigenvalue weighted by atomic mass is 9.90. The summed E-state index contributed by atoms with van der Waals surface area (Å²) < 4.78 is 10.7. The molecule has 1 aromatic heterocycles. The molecule has 2 heterocycles. The van der Waals surface area contributed by atoms with Gasteiger partial charge in [0.25, 0.3) is 0 Å². The Morgan fingerprint density at radius 3 is 2.50 bits per heavy atom. The Labute approximate surface area is 136 Å². The van der Waals surface area contributed by atoms with Crippen LogP contribution in [0.4, 0.5) is 4.79 Å². The summed E-state index contributed by atoms with van der Waals surface area (Å²) >= 11 is 5.90. The van der Waals surface area contributed by atoms with Gasteiger partial charge >= 0.3 is 6.09 Å². The number of rotatable bonds is 2. The van der Waals surface area contributed by atoms with Crippen LogP contribution in [-0.4, -0.2) is 41.8 Å². The van der Waals surface area contributed by atoms with Crippen LogP contribution in [0.3, 0.4) is 0 Å². The van der Waals surface area contributed by atoms with Gasteiger partial charge in [0.05, 0.1) is 7.11 Å². The van der Waals surface area contributed by atoms with Gasteiger partial charge in [-0.15, -0.1) is 0 Å². The van der Waals surface area contributed by atoms with Gasteiger partial charge in [-0.3, -0.25) is 0 Å². The first-order valence-corrected chi connectivity index (χ1v) is 7.86. The number of hydrogen-bond donors (Lipinski definition) is 0. The minimum absolute atomic E-state index is 0.243. The highest BCUT2D eigenvalue weighted by Crippen LogP contribution is 2.34. The van der Waals surface area contributed by atoms with Gasteiger partial charge in [0.2, 0.25) is 5.88 Å². The van der Waals surface area contributed by atoms with Crippen molar-refractivity contribution in [2.75, 3.05) is 20.2 Å². The normalized spacial score (nSPS) is 16.5. The predicted molar refractivity (Wildman–Crippen MR) is 85.6 cm³/mol. The predicted octanol–water partition coefficient (Wildman–Crippen LogP) is 3.86. The van der Waals surface area contributed by atoms with Crippen molar-refractivity contribution < 1.29 is 14.3 Å². The van der Waals surface area contributed by atoms with Gasteiger partial charge < -0.3 is 14.4 Å². The SMILES string of the molecule is COc1nc(Cl)ccc1C1CCN(C(=O)OC(C)(C)C)CC1. The second-order valence-electron chi connectivity index (χ2n) is 6.47. The summed E-state index contributed by atoms with van der Waals surface area (Å²) in [6.07, 6.45) is 1.48. The molecule has 0 saturated carbocycles. The summed E-state index contributed by atoms with van der Waals surface area (Å²) in [6.45, 7) is 6.97. The van der Waals surface area contributed by atoms with E-state index in [1.807, 2.05) is 26.8 Å². The molecule has 2 rings (SSSR count). The quantitative estimate of drug-likeness (QED) is 0.774. The minimum atomic E-state index is -0.461. The van der Waals surface area contributed by atoms with Crippen LogP contribution in [0, 0.1) is 0 Å². The molecule has 0 bridgehead atoms. The van der Waals surface area contributed by atoms with Crippen molar-refractivity contribution in [3.05, 3.63) is 22.8 Å². The first kappa shape index (κ1) is 16.9. The van der Waals surface area contributed by atoms with E-state index in [0.717, 1.165) is 18.4 Å². The number of carbonyl (C=O) groups is 1. The fourth-order valence-electron chi connectivity index (χ4n) is 2.60. The highest BCUT2D eigenvalue weighted by molar-refractivity contribution is 6.29. The number of carbonyl (C=O) groups excluding carboxylic acids is 1. The zero-order chi connectivity index (χ0) is 16.3. The Balaban J connectivity index is 1.99. The molecule has 0 N–H and O–H groups in total. The highest BCUT2D eigenvalue weighted by atomic mass is 35.5. The van der Waals surface area contributed by atoms with E-state index in [2.05, 4.69) is 4.98 Å². The molecule has 0 radical (unpaired) electrons. The van der Waals surface area contributed by atoms with Crippen LogP contribution >= 0.6 is 11.6 Å². The summed E-state index contributed by atoms with van der Waals surface area (Å²) in [5, 5.41) is 0.423. The lowest BCUT2D eigenvalue weighted by Gasteiger charge is -2.33. The number of halogens is 1. The maximum atomic E-state index is 12.1. The van der Waals surface area contributed by atoms with Crippen molar-refractivity contribution in [2.45, 2.75) is 45.1 Å². The molecule has 122 valence electrons. The third-order valence-electron chi connectivity index (χ3n) is 3.64. The number of hydrogen-bond acceptors (Lipinski definition) is 4. The first-order valence-electron chi connectivity index (χ1n) is 7.48. The molecular formula is C16H23ClN2O3. The zero-order valence-corrected chi connectivity index (χ0v) is 14.3. The molecule has 1 amide bonds. The van der Waals surface area contributed by atoms with Crippen LogP contribution in [0.1, 0.15) is 45.1 Å². The fraction of sp³-hybridized carbons (Fsp3) is 0.625. The van der Waals surface area contributed by atoms with E-state index >= 15 is 0 Å². The zero-order valence-electron chi connectivity index (χ0n) is 13.6. The van der Waals surface area contributed by atoms with Crippen LogP contribution < -0.4 is 4.74 Å². The van der Waals surface area contributed by atoms with Crippen molar-refractivity contribution >= 4 is 17.7 Å². The van der Waals surface area contributed by atoms with Gasteiger partial charge in [-0.1, -0.05) is 17.7 Å². The first-order chi connectivity index (χ1) is 10.3. The molecule has 0 unspecified atom stereocenters. The molecular weight excluding hydrogens is 304 g/mol. The van der Waals surface area contributed by atoms with Crippen LogP contribution in [0.25, 0.3) is 0 Å². The topological polar surface area (TPSA) is 51.7 Å². The van der Waals surface area contributed by atoms with E-state index in [1.54, 1.807) is 18.1 Å². The molecule has 1 aromatic rings. The molecule has 1 aliphatic rings. The second-order valence-corrected chi connectivity index (χ2v) is 6.86. The summed E-state index contributed by atoms with van der Waals surface area (Å²) in [5.41, 5.74) is 0.591. The molecule has 0 spiro atoms. The molecule has 22 heavy (non-hydrogen) atoms. The fourth-order valence-corrected chi connectivity index (χ4v) is 2.74. The molecule has 1 aliphatic heterocycles. The van der Waals surface area contributed by atoms with Gasteiger partial charge in [0.15, 0.2) is 0 Å². The van der Waals surface area contributed by atoms with Crippen molar-refractivity contribution in [3.8, 4) is 5.88 Å². The Hall–Kier alpha value is -1.49. The van der Waals surface area contributed by atoms with Gasteiger partial charge in [-0.25, -0.2) is 9.78 Å². The van der Waals surface area contributed by atoms with Crippen molar-refractivity contribution in [1.82, 2.24) is 9.88 Å². The maximum absolute atomic E-state index is 12.1. The summed E-state index contributed by atoms with van der Waals surface area (Å²) in [7, 11) is 1.60. The van der Waals surface area contributed by atoms with E-state index in [-0.39, 0.29) is 6.09 Å². The Morgan fingerprint density at radius 2 is 1.95 bits per heavy atom. The lowest BCUT2D eigenvalue weighted by molar-refractivity contribution is 0.0204. The summed E-state index contributed by atoms with van der Waals surface area (Å²) in [4.78, 5) is 18.0. The number of methoxy groups -OCH3 is 1. The monoisotopic (exact) mass is 326 g/mol. The van der Waals surface area contributed by atoms with E-state index in [4.69, 9.17) is 21.1 Å². The highest BCUT2D eigenvalue weighted by Gasteiger charge is 2.29. The smallest absolute Gasteiger partial charge is 0.410 e. The van der Waals surface area contributed by atoms with Crippen LogP contribution in [0.2, 0.25) is 5.15 Å². The number of nitrogens with zero attached hydrogens (tertiary/aromatic N) is 2. The summed E-state index contributed by atoms with van der Waals surface area (Å²) in [6, 6.07) is 3.74. The minimum Gasteiger partial charge on any atom is -0.481 e. The third-order valence-corrected chi connectivity index (χ3v) is 3.85. The van der Waals surface area contributed by atoms with Crippen LogP contribution in [0.15, 0.2) is 12.1 Å². The van der Waals surface area contributed by atoms with E-state index in [0.29, 0.717) is 30.0 Å². The molecule has 6 heteroatoms. The Kier molecular flexibility index (Phi) is 5.16. The number of amides is 1. The third kappa shape index (κ3) is 4.26. The average molecular weight is 327 g/mol. The number of piperidine rings is 1. The van der Waals surface area contributed by atoms with E-state index in [1.165, 1.54) is 0 Å². The van der Waals surface area contributed by atoms with E-state index < -0.39 is 5.60 Å². The second kappa shape index (κ2) is 6.73. The number of aromatic nitrogens is 1. The van der Waals surface area contributed by atoms with Crippen molar-refractivity contribution in [1.29, 1.82) is 0 Å². The van der Waals surface area contributed by atoms with Gasteiger partial charge in [-0.05, 0) is 45.6 Å². The standard InChI is InChI=1S/C16H23ClN2O3/c1-16(2,3)22-15(20)19-9-7-11(8-10-19)12-5-6-13(17)18-14(12)21-4/h5-6,11H,7-10H2,1-4H3. The van der Waals surface area contributed by atoms with Gasteiger partial charge in [0, 0.05) is 18.7 Å². The van der Waals surface area contributed by atoms with Crippen molar-refractivity contribution in [2.24, 2.45) is 0 Å². The van der Waals surface area contributed by atoms with E-state index in [9.17, 15) is 4.79 Å². The van der Waals surface area contributed by atoms with Crippen LogP contribution in [-0.2, 0) is 4.74 Å². The number of likely N-dealkylation sites (tertiary alicyclic amines) is 1. The van der Waals surface area contributed by atoms with Crippen LogP contribution in [0.5, 0.6) is 5.88 Å². The lowest BCUT2D eigenvalue weighted by Crippen LogP contribution is -2.41. The molecule has 1 saturated heterocycles. The largest absolute Gasteiger partial charge is 0.481 e. The molecule has 5 nitrogen and oxygen atoms in total. The Bertz CT molecular complexity index is 535. The molecule has 0 aromatic carbocycles. The van der Waals surface area contributed by atoms with Gasteiger partial charge in [-0.2, -0.15) is 0 Å². The molecule has 1 fully saturated rings. The number of pyridine rings is 1. The van der Waals surface area contributed by atoms with Gasteiger partial charge in [0.1, 0.15) is 10.8 Å². The Morgan fingerprint density at radius 1 is 1.32 bits per heavy atom. The summed E-state index contributed by atoms with van der Waals surface area (Å²) in [5.74, 6) is 0.890. The van der Waals surface area contributed by atoms with Crippen molar-refractivity contribution in [3.63, 3.8) is 0 Å². The molecule has 0 aliphatic carbocycles.